The monoisotopic (exact) mass is 248 g/mol. The van der Waals surface area contributed by atoms with Crippen molar-refractivity contribution < 1.29 is 14.7 Å². The Morgan fingerprint density at radius 3 is 2.61 bits per heavy atom. The van der Waals surface area contributed by atoms with Crippen LogP contribution in [0.2, 0.25) is 0 Å². The Morgan fingerprint density at radius 2 is 2.06 bits per heavy atom. The third-order valence-electron chi connectivity index (χ3n) is 3.34. The van der Waals surface area contributed by atoms with Gasteiger partial charge in [-0.3, -0.25) is 9.59 Å². The molecule has 5 heteroatoms. The van der Waals surface area contributed by atoms with E-state index in [0.29, 0.717) is 19.5 Å². The highest BCUT2D eigenvalue weighted by molar-refractivity contribution is 5.97. The first-order valence-electron chi connectivity index (χ1n) is 5.91. The van der Waals surface area contributed by atoms with Crippen molar-refractivity contribution in [2.45, 2.75) is 18.9 Å². The minimum atomic E-state index is -1.06. The van der Waals surface area contributed by atoms with Gasteiger partial charge in [-0.15, -0.1) is 0 Å². The lowest BCUT2D eigenvalue weighted by Gasteiger charge is -2.27. The van der Waals surface area contributed by atoms with E-state index in [1.807, 2.05) is 24.3 Å². The number of hydrogen-bond acceptors (Lipinski definition) is 3. The van der Waals surface area contributed by atoms with Crippen LogP contribution in [-0.4, -0.2) is 23.5 Å². The lowest BCUT2D eigenvalue weighted by molar-refractivity contribution is -0.148. The third kappa shape index (κ3) is 2.51. The molecule has 0 unspecified atom stereocenters. The van der Waals surface area contributed by atoms with E-state index in [1.54, 1.807) is 0 Å². The molecule has 2 rings (SSSR count). The van der Waals surface area contributed by atoms with Crippen molar-refractivity contribution in [2.24, 2.45) is 11.7 Å². The molecule has 0 aliphatic carbocycles. The van der Waals surface area contributed by atoms with E-state index in [9.17, 15) is 9.59 Å². The number of benzene rings is 1. The van der Waals surface area contributed by atoms with E-state index in [2.05, 4.69) is 5.32 Å². The second-order valence-corrected chi connectivity index (χ2v) is 4.51. The molecule has 0 bridgehead atoms. The summed E-state index contributed by atoms with van der Waals surface area (Å²) in [6.45, 7) is 0.976. The van der Waals surface area contributed by atoms with Crippen LogP contribution in [0, 0.1) is 5.92 Å². The Kier molecular flexibility index (Phi) is 3.62. The summed E-state index contributed by atoms with van der Waals surface area (Å²) >= 11 is 0. The molecule has 18 heavy (non-hydrogen) atoms. The SMILES string of the molecule is NCc1ccc([C@H]2CNC(=O)[C@H](C(=O)O)C2)cc1. The number of aliphatic carboxylic acids is 1. The number of nitrogens with two attached hydrogens (primary N) is 1. The van der Waals surface area contributed by atoms with Gasteiger partial charge in [0, 0.05) is 19.0 Å². The molecule has 1 aromatic carbocycles. The van der Waals surface area contributed by atoms with Crippen molar-refractivity contribution >= 4 is 11.9 Å². The van der Waals surface area contributed by atoms with Gasteiger partial charge in [0.25, 0.3) is 0 Å². The average Bonchev–Trinajstić information content (AvgIpc) is 2.39. The maximum Gasteiger partial charge on any atom is 0.316 e. The number of carbonyl (C=O) groups excluding carboxylic acids is 1. The van der Waals surface area contributed by atoms with Gasteiger partial charge in [0.2, 0.25) is 5.91 Å². The highest BCUT2D eigenvalue weighted by atomic mass is 16.4. The molecule has 96 valence electrons. The van der Waals surface area contributed by atoms with E-state index < -0.39 is 17.8 Å². The third-order valence-corrected chi connectivity index (χ3v) is 3.34. The van der Waals surface area contributed by atoms with E-state index >= 15 is 0 Å². The molecule has 4 N–H and O–H groups in total. The first-order chi connectivity index (χ1) is 8.61. The van der Waals surface area contributed by atoms with E-state index in [4.69, 9.17) is 10.8 Å². The molecule has 1 saturated heterocycles. The normalized spacial score (nSPS) is 23.5. The minimum absolute atomic E-state index is 0.0515. The minimum Gasteiger partial charge on any atom is -0.481 e. The average molecular weight is 248 g/mol. The van der Waals surface area contributed by atoms with Crippen molar-refractivity contribution in [3.8, 4) is 0 Å². The molecule has 0 aromatic heterocycles. The van der Waals surface area contributed by atoms with Crippen molar-refractivity contribution in [3.63, 3.8) is 0 Å². The number of piperidine rings is 1. The van der Waals surface area contributed by atoms with Crippen LogP contribution >= 0.6 is 0 Å². The summed E-state index contributed by atoms with van der Waals surface area (Å²) in [6, 6.07) is 7.76. The number of rotatable bonds is 3. The molecule has 1 amide bonds. The standard InChI is InChI=1S/C13H16N2O3/c14-6-8-1-3-9(4-2-8)10-5-11(13(17)18)12(16)15-7-10/h1-4,10-11H,5-7,14H2,(H,15,16)(H,17,18)/t10-,11-/m1/s1. The number of amides is 1. The summed E-state index contributed by atoms with van der Waals surface area (Å²) in [6.07, 6.45) is 0.350. The molecule has 1 aliphatic rings. The predicted octanol–water partition coefficient (Wildman–Crippen LogP) is 0.450. The quantitative estimate of drug-likeness (QED) is 0.677. The Morgan fingerprint density at radius 1 is 1.39 bits per heavy atom. The molecule has 1 aliphatic heterocycles. The van der Waals surface area contributed by atoms with Crippen LogP contribution in [0.1, 0.15) is 23.5 Å². The van der Waals surface area contributed by atoms with Crippen LogP contribution < -0.4 is 11.1 Å². The smallest absolute Gasteiger partial charge is 0.316 e. The maximum atomic E-state index is 11.4. The number of carboxylic acid groups (broad SMARTS) is 1. The van der Waals surface area contributed by atoms with Gasteiger partial charge in [-0.25, -0.2) is 0 Å². The molecular weight excluding hydrogens is 232 g/mol. The fourth-order valence-electron chi connectivity index (χ4n) is 2.21. The van der Waals surface area contributed by atoms with Gasteiger partial charge in [-0.2, -0.15) is 0 Å². The molecule has 1 fully saturated rings. The Bertz CT molecular complexity index is 456. The Hall–Kier alpha value is -1.88. The van der Waals surface area contributed by atoms with Gasteiger partial charge in [0.1, 0.15) is 5.92 Å². The predicted molar refractivity (Wildman–Crippen MR) is 65.8 cm³/mol. The maximum absolute atomic E-state index is 11.4. The molecular formula is C13H16N2O3. The van der Waals surface area contributed by atoms with E-state index in [-0.39, 0.29) is 5.92 Å². The molecule has 2 atom stereocenters. The summed E-state index contributed by atoms with van der Waals surface area (Å²) in [5.41, 5.74) is 7.60. The van der Waals surface area contributed by atoms with Crippen LogP contribution in [0.5, 0.6) is 0 Å². The van der Waals surface area contributed by atoms with Gasteiger partial charge < -0.3 is 16.2 Å². The molecule has 0 spiro atoms. The molecule has 5 nitrogen and oxygen atoms in total. The zero-order valence-corrected chi connectivity index (χ0v) is 9.93. The summed E-state index contributed by atoms with van der Waals surface area (Å²) in [4.78, 5) is 22.4. The number of carboxylic acids is 1. The van der Waals surface area contributed by atoms with Crippen LogP contribution in [0.4, 0.5) is 0 Å². The molecule has 0 saturated carbocycles. The zero-order valence-electron chi connectivity index (χ0n) is 9.93. The van der Waals surface area contributed by atoms with Crippen LogP contribution in [0.25, 0.3) is 0 Å². The summed E-state index contributed by atoms with van der Waals surface area (Å²) in [5, 5.41) is 11.6. The van der Waals surface area contributed by atoms with E-state index in [0.717, 1.165) is 11.1 Å². The lowest BCUT2D eigenvalue weighted by Crippen LogP contribution is -2.43. The van der Waals surface area contributed by atoms with Crippen LogP contribution in [0.3, 0.4) is 0 Å². The summed E-state index contributed by atoms with van der Waals surface area (Å²) in [7, 11) is 0. The number of hydrogen-bond donors (Lipinski definition) is 3. The second kappa shape index (κ2) is 5.18. The Labute approximate surface area is 105 Å². The van der Waals surface area contributed by atoms with Crippen molar-refractivity contribution in [3.05, 3.63) is 35.4 Å². The van der Waals surface area contributed by atoms with Crippen molar-refractivity contribution in [1.82, 2.24) is 5.32 Å². The molecule has 0 radical (unpaired) electrons. The molecule has 1 heterocycles. The van der Waals surface area contributed by atoms with Crippen LogP contribution in [-0.2, 0) is 16.1 Å². The highest BCUT2D eigenvalue weighted by Crippen LogP contribution is 2.27. The fraction of sp³-hybridized carbons (Fsp3) is 0.385. The topological polar surface area (TPSA) is 92.4 Å². The highest BCUT2D eigenvalue weighted by Gasteiger charge is 2.34. The van der Waals surface area contributed by atoms with Gasteiger partial charge >= 0.3 is 5.97 Å². The van der Waals surface area contributed by atoms with Crippen LogP contribution in [0.15, 0.2) is 24.3 Å². The van der Waals surface area contributed by atoms with Gasteiger partial charge in [0.05, 0.1) is 0 Å². The first-order valence-corrected chi connectivity index (χ1v) is 5.91. The van der Waals surface area contributed by atoms with Crippen molar-refractivity contribution in [1.29, 1.82) is 0 Å². The Balaban J connectivity index is 2.13. The fourth-order valence-corrected chi connectivity index (χ4v) is 2.21. The summed E-state index contributed by atoms with van der Waals surface area (Å²) in [5.74, 6) is -2.35. The number of carbonyl (C=O) groups is 2. The summed E-state index contributed by atoms with van der Waals surface area (Å²) < 4.78 is 0. The number of nitrogens with one attached hydrogen (secondary N) is 1. The largest absolute Gasteiger partial charge is 0.481 e. The molecule has 1 aromatic rings. The first kappa shape index (κ1) is 12.6. The lowest BCUT2D eigenvalue weighted by atomic mass is 9.85. The van der Waals surface area contributed by atoms with Gasteiger partial charge in [0.15, 0.2) is 0 Å². The second-order valence-electron chi connectivity index (χ2n) is 4.51. The van der Waals surface area contributed by atoms with Crippen molar-refractivity contribution in [2.75, 3.05) is 6.54 Å². The zero-order chi connectivity index (χ0) is 13.1. The van der Waals surface area contributed by atoms with E-state index in [1.165, 1.54) is 0 Å². The van der Waals surface area contributed by atoms with Gasteiger partial charge in [-0.05, 0) is 17.5 Å². The van der Waals surface area contributed by atoms with Gasteiger partial charge in [-0.1, -0.05) is 24.3 Å².